The fraction of sp³-hybridized carbons (Fsp3) is 0.375. The molecule has 130 valence electrons. The molecule has 1 heterocycles. The number of aliphatic imine (C=N–C) groups is 1. The van der Waals surface area contributed by atoms with Gasteiger partial charge in [-0.25, -0.2) is 4.99 Å². The predicted molar refractivity (Wildman–Crippen MR) is 86.3 cm³/mol. The second kappa shape index (κ2) is 7.85. The molecule has 2 aromatic rings. The standard InChI is InChI=1S/C16H20F3N5/c1-3-20-15(21-9-12-7-5-4-6-8-12)22-10-13-11-24(2)23-14(13)16(17,18)19/h4-8,11H,3,9-10H2,1-2H3,(H2,20,21,22). The highest BCUT2D eigenvalue weighted by Gasteiger charge is 2.36. The Morgan fingerprint density at radius 1 is 1.21 bits per heavy atom. The van der Waals surface area contributed by atoms with E-state index in [2.05, 4.69) is 20.7 Å². The van der Waals surface area contributed by atoms with Crippen molar-refractivity contribution in [1.29, 1.82) is 0 Å². The number of nitrogens with zero attached hydrogens (tertiary/aromatic N) is 3. The Morgan fingerprint density at radius 3 is 2.54 bits per heavy atom. The molecule has 2 rings (SSSR count). The van der Waals surface area contributed by atoms with Gasteiger partial charge in [0.05, 0.1) is 6.54 Å². The summed E-state index contributed by atoms with van der Waals surface area (Å²) >= 11 is 0. The van der Waals surface area contributed by atoms with E-state index in [0.717, 1.165) is 10.2 Å². The molecule has 0 unspecified atom stereocenters. The molecule has 5 nitrogen and oxygen atoms in total. The van der Waals surface area contributed by atoms with Gasteiger partial charge in [0.15, 0.2) is 11.7 Å². The van der Waals surface area contributed by atoms with Gasteiger partial charge in [-0.15, -0.1) is 0 Å². The number of benzene rings is 1. The zero-order chi connectivity index (χ0) is 17.6. The molecule has 0 fully saturated rings. The summed E-state index contributed by atoms with van der Waals surface area (Å²) in [6.45, 7) is 2.93. The minimum absolute atomic E-state index is 0.0106. The van der Waals surface area contributed by atoms with Crippen LogP contribution in [0.4, 0.5) is 13.2 Å². The fourth-order valence-corrected chi connectivity index (χ4v) is 2.18. The summed E-state index contributed by atoms with van der Waals surface area (Å²) in [5.41, 5.74) is 0.221. The first kappa shape index (κ1) is 17.8. The largest absolute Gasteiger partial charge is 0.435 e. The molecule has 0 amide bonds. The number of alkyl halides is 3. The van der Waals surface area contributed by atoms with Crippen molar-refractivity contribution in [3.63, 3.8) is 0 Å². The third-order valence-electron chi connectivity index (χ3n) is 3.23. The van der Waals surface area contributed by atoms with Gasteiger partial charge in [0.2, 0.25) is 0 Å². The SMILES string of the molecule is CCNC(=NCc1ccccc1)NCc1cn(C)nc1C(F)(F)F. The maximum absolute atomic E-state index is 13.0. The van der Waals surface area contributed by atoms with Crippen LogP contribution in [0.15, 0.2) is 41.5 Å². The van der Waals surface area contributed by atoms with Crippen LogP contribution in [0.5, 0.6) is 0 Å². The van der Waals surface area contributed by atoms with E-state index < -0.39 is 11.9 Å². The lowest BCUT2D eigenvalue weighted by Crippen LogP contribution is -2.37. The van der Waals surface area contributed by atoms with E-state index in [9.17, 15) is 13.2 Å². The summed E-state index contributed by atoms with van der Waals surface area (Å²) in [5, 5.41) is 9.43. The lowest BCUT2D eigenvalue weighted by Gasteiger charge is -2.12. The van der Waals surface area contributed by atoms with Crippen LogP contribution in [0.25, 0.3) is 0 Å². The fourth-order valence-electron chi connectivity index (χ4n) is 2.18. The molecule has 8 heteroatoms. The Hall–Kier alpha value is -2.51. The molecule has 2 N–H and O–H groups in total. The van der Waals surface area contributed by atoms with Crippen LogP contribution >= 0.6 is 0 Å². The number of aryl methyl sites for hydroxylation is 1. The van der Waals surface area contributed by atoms with Crippen molar-refractivity contribution in [3.05, 3.63) is 53.3 Å². The van der Waals surface area contributed by atoms with Crippen LogP contribution in [0.3, 0.4) is 0 Å². The van der Waals surface area contributed by atoms with Crippen molar-refractivity contribution in [3.8, 4) is 0 Å². The van der Waals surface area contributed by atoms with Crippen molar-refractivity contribution >= 4 is 5.96 Å². The molecule has 0 saturated heterocycles. The Bertz CT molecular complexity index is 677. The number of guanidine groups is 1. The van der Waals surface area contributed by atoms with Crippen molar-refractivity contribution in [1.82, 2.24) is 20.4 Å². The molecule has 0 aliphatic carbocycles. The molecule has 0 bridgehead atoms. The number of rotatable bonds is 5. The van der Waals surface area contributed by atoms with E-state index in [-0.39, 0.29) is 12.1 Å². The summed E-state index contributed by atoms with van der Waals surface area (Å²) in [7, 11) is 1.47. The summed E-state index contributed by atoms with van der Waals surface area (Å²) < 4.78 is 40.0. The summed E-state index contributed by atoms with van der Waals surface area (Å²) in [5.74, 6) is 0.457. The molecule has 0 saturated carbocycles. The summed E-state index contributed by atoms with van der Waals surface area (Å²) in [6, 6.07) is 9.62. The molecule has 1 aromatic carbocycles. The van der Waals surface area contributed by atoms with Crippen molar-refractivity contribution in [2.75, 3.05) is 6.54 Å². The van der Waals surface area contributed by atoms with Crippen molar-refractivity contribution < 1.29 is 13.2 Å². The van der Waals surface area contributed by atoms with Gasteiger partial charge in [-0.3, -0.25) is 4.68 Å². The number of nitrogens with one attached hydrogen (secondary N) is 2. The van der Waals surface area contributed by atoms with E-state index in [1.165, 1.54) is 13.2 Å². The minimum atomic E-state index is -4.47. The predicted octanol–water partition coefficient (Wildman–Crippen LogP) is 2.69. The molecule has 0 aliphatic rings. The van der Waals surface area contributed by atoms with Gasteiger partial charge in [-0.05, 0) is 12.5 Å². The van der Waals surface area contributed by atoms with Gasteiger partial charge < -0.3 is 10.6 Å². The zero-order valence-corrected chi connectivity index (χ0v) is 13.6. The highest BCUT2D eigenvalue weighted by atomic mass is 19.4. The smallest absolute Gasteiger partial charge is 0.357 e. The van der Waals surface area contributed by atoms with Gasteiger partial charge in [-0.1, -0.05) is 30.3 Å². The molecule has 1 aromatic heterocycles. The van der Waals surface area contributed by atoms with Crippen LogP contribution in [0, 0.1) is 0 Å². The lowest BCUT2D eigenvalue weighted by molar-refractivity contribution is -0.142. The highest BCUT2D eigenvalue weighted by molar-refractivity contribution is 5.79. The second-order valence-electron chi connectivity index (χ2n) is 5.21. The molecule has 0 aliphatic heterocycles. The summed E-state index contributed by atoms with van der Waals surface area (Å²) in [4.78, 5) is 4.38. The third-order valence-corrected chi connectivity index (χ3v) is 3.23. The lowest BCUT2D eigenvalue weighted by atomic mass is 10.2. The van der Waals surface area contributed by atoms with Crippen LogP contribution in [0.1, 0.15) is 23.7 Å². The van der Waals surface area contributed by atoms with Crippen LogP contribution < -0.4 is 10.6 Å². The molecule has 0 atom stereocenters. The van der Waals surface area contributed by atoms with Gasteiger partial charge in [-0.2, -0.15) is 18.3 Å². The van der Waals surface area contributed by atoms with Crippen LogP contribution in [0.2, 0.25) is 0 Å². The van der Waals surface area contributed by atoms with Crippen molar-refractivity contribution in [2.24, 2.45) is 12.0 Å². The first-order valence-corrected chi connectivity index (χ1v) is 7.56. The topological polar surface area (TPSA) is 54.2 Å². The molecule has 0 spiro atoms. The Labute approximate surface area is 138 Å². The van der Waals surface area contributed by atoms with Crippen molar-refractivity contribution in [2.45, 2.75) is 26.2 Å². The number of hydrogen-bond donors (Lipinski definition) is 2. The van der Waals surface area contributed by atoms with Gasteiger partial charge in [0, 0.05) is 31.9 Å². The van der Waals surface area contributed by atoms with E-state index in [1.54, 1.807) is 0 Å². The van der Waals surface area contributed by atoms with Gasteiger partial charge in [0.1, 0.15) is 0 Å². The normalized spacial score (nSPS) is 12.3. The molecular weight excluding hydrogens is 319 g/mol. The monoisotopic (exact) mass is 339 g/mol. The Balaban J connectivity index is 2.06. The second-order valence-corrected chi connectivity index (χ2v) is 5.21. The number of halogens is 3. The Morgan fingerprint density at radius 2 is 1.92 bits per heavy atom. The zero-order valence-electron chi connectivity index (χ0n) is 13.6. The van der Waals surface area contributed by atoms with Gasteiger partial charge >= 0.3 is 6.18 Å². The average molecular weight is 339 g/mol. The van der Waals surface area contributed by atoms with E-state index in [4.69, 9.17) is 0 Å². The highest BCUT2D eigenvalue weighted by Crippen LogP contribution is 2.30. The molecule has 0 radical (unpaired) electrons. The van der Waals surface area contributed by atoms with Crippen LogP contribution in [-0.2, 0) is 26.3 Å². The first-order valence-electron chi connectivity index (χ1n) is 7.56. The first-order chi connectivity index (χ1) is 11.4. The Kier molecular flexibility index (Phi) is 5.83. The molecular formula is C16H20F3N5. The minimum Gasteiger partial charge on any atom is -0.357 e. The number of aromatic nitrogens is 2. The third kappa shape index (κ3) is 5.00. The number of hydrogen-bond acceptors (Lipinski definition) is 2. The van der Waals surface area contributed by atoms with E-state index in [1.807, 2.05) is 37.3 Å². The maximum Gasteiger partial charge on any atom is 0.435 e. The van der Waals surface area contributed by atoms with E-state index in [0.29, 0.717) is 19.0 Å². The van der Waals surface area contributed by atoms with Gasteiger partial charge in [0.25, 0.3) is 0 Å². The molecule has 24 heavy (non-hydrogen) atoms. The van der Waals surface area contributed by atoms with E-state index >= 15 is 0 Å². The average Bonchev–Trinajstić information content (AvgIpc) is 2.92. The maximum atomic E-state index is 13.0. The van der Waals surface area contributed by atoms with Crippen LogP contribution in [-0.4, -0.2) is 22.3 Å². The quantitative estimate of drug-likeness (QED) is 0.650. The summed E-state index contributed by atoms with van der Waals surface area (Å²) in [6.07, 6.45) is -3.12.